The van der Waals surface area contributed by atoms with Gasteiger partial charge in [0.25, 0.3) is 0 Å². The average molecular weight is 358 g/mol. The van der Waals surface area contributed by atoms with E-state index in [9.17, 15) is 8.78 Å². The Morgan fingerprint density at radius 3 is 2.48 bits per heavy atom. The van der Waals surface area contributed by atoms with Crippen LogP contribution in [-0.4, -0.2) is 13.7 Å². The molecule has 0 aromatic heterocycles. The van der Waals surface area contributed by atoms with Gasteiger partial charge in [0.1, 0.15) is 11.5 Å². The fourth-order valence-electron chi connectivity index (χ4n) is 1.84. The monoisotopic (exact) mass is 357 g/mol. The Bertz CT molecular complexity index is 591. The van der Waals surface area contributed by atoms with Crippen molar-refractivity contribution in [2.45, 2.75) is 13.2 Å². The quantitative estimate of drug-likeness (QED) is 0.814. The van der Waals surface area contributed by atoms with Gasteiger partial charge in [-0.3, -0.25) is 0 Å². The lowest BCUT2D eigenvalue weighted by molar-refractivity contribution is -0.0498. The Kier molecular flexibility index (Phi) is 5.38. The van der Waals surface area contributed by atoms with Crippen LogP contribution in [0.25, 0.3) is 0 Å². The lowest BCUT2D eigenvalue weighted by atomic mass is 10.2. The number of nitrogens with one attached hydrogen (secondary N) is 1. The average Bonchev–Trinajstić information content (AvgIpc) is 2.46. The topological polar surface area (TPSA) is 30.5 Å². The lowest BCUT2D eigenvalue weighted by Gasteiger charge is -2.11. The van der Waals surface area contributed by atoms with E-state index in [2.05, 4.69) is 26.0 Å². The molecule has 6 heteroatoms. The Labute approximate surface area is 130 Å². The Morgan fingerprint density at radius 2 is 1.86 bits per heavy atom. The highest BCUT2D eigenvalue weighted by Gasteiger charge is 2.05. The molecule has 2 aromatic carbocycles. The van der Waals surface area contributed by atoms with Gasteiger partial charge in [-0.15, -0.1) is 0 Å². The molecule has 0 radical (unpaired) electrons. The predicted molar refractivity (Wildman–Crippen MR) is 81.1 cm³/mol. The minimum absolute atomic E-state index is 0.135. The summed E-state index contributed by atoms with van der Waals surface area (Å²) in [5.74, 6) is 0.916. The predicted octanol–water partition coefficient (Wildman–Crippen LogP) is 4.67. The molecule has 0 spiro atoms. The van der Waals surface area contributed by atoms with Gasteiger partial charge in [-0.05, 0) is 42.5 Å². The van der Waals surface area contributed by atoms with E-state index >= 15 is 0 Å². The minimum atomic E-state index is -2.81. The molecule has 0 amide bonds. The van der Waals surface area contributed by atoms with Gasteiger partial charge in [0, 0.05) is 22.3 Å². The molecule has 0 saturated heterocycles. The Morgan fingerprint density at radius 1 is 1.14 bits per heavy atom. The first kappa shape index (κ1) is 15.6. The SMILES string of the molecule is COc1ccc(Br)cc1CNc1ccc(OC(F)F)cc1. The van der Waals surface area contributed by atoms with Crippen LogP contribution in [0.5, 0.6) is 11.5 Å². The molecule has 3 nitrogen and oxygen atoms in total. The molecule has 21 heavy (non-hydrogen) atoms. The normalized spacial score (nSPS) is 10.5. The molecule has 2 aromatic rings. The van der Waals surface area contributed by atoms with Crippen LogP contribution in [0.15, 0.2) is 46.9 Å². The van der Waals surface area contributed by atoms with Crippen molar-refractivity contribution in [1.29, 1.82) is 0 Å². The van der Waals surface area contributed by atoms with E-state index in [1.54, 1.807) is 19.2 Å². The van der Waals surface area contributed by atoms with Crippen molar-refractivity contribution in [2.24, 2.45) is 0 Å². The number of anilines is 1. The zero-order valence-electron chi connectivity index (χ0n) is 11.3. The van der Waals surface area contributed by atoms with Gasteiger partial charge in [-0.2, -0.15) is 8.78 Å². The van der Waals surface area contributed by atoms with Crippen molar-refractivity contribution in [1.82, 2.24) is 0 Å². The van der Waals surface area contributed by atoms with E-state index in [0.717, 1.165) is 21.5 Å². The highest BCUT2D eigenvalue weighted by Crippen LogP contribution is 2.24. The van der Waals surface area contributed by atoms with Crippen LogP contribution in [0.3, 0.4) is 0 Å². The standard InChI is InChI=1S/C15H14BrF2NO2/c1-20-14-7-2-11(16)8-10(14)9-19-12-3-5-13(6-4-12)21-15(17)18/h2-8,15,19H,9H2,1H3. The van der Waals surface area contributed by atoms with E-state index in [4.69, 9.17) is 4.74 Å². The Balaban J connectivity index is 2.01. The molecule has 0 aliphatic heterocycles. The molecule has 0 atom stereocenters. The maximum Gasteiger partial charge on any atom is 0.387 e. The number of rotatable bonds is 6. The molecule has 2 rings (SSSR count). The van der Waals surface area contributed by atoms with Crippen molar-refractivity contribution in [3.05, 3.63) is 52.5 Å². The summed E-state index contributed by atoms with van der Waals surface area (Å²) in [6.07, 6.45) is 0. The molecule has 1 N–H and O–H groups in total. The van der Waals surface area contributed by atoms with Crippen LogP contribution in [0.1, 0.15) is 5.56 Å². The zero-order valence-corrected chi connectivity index (χ0v) is 12.9. The van der Waals surface area contributed by atoms with Crippen molar-refractivity contribution in [3.63, 3.8) is 0 Å². The largest absolute Gasteiger partial charge is 0.496 e. The van der Waals surface area contributed by atoms with Gasteiger partial charge in [0.2, 0.25) is 0 Å². The lowest BCUT2D eigenvalue weighted by Crippen LogP contribution is -2.03. The Hall–Kier alpha value is -1.82. The number of ether oxygens (including phenoxy) is 2. The third-order valence-electron chi connectivity index (χ3n) is 2.80. The smallest absolute Gasteiger partial charge is 0.387 e. The second kappa shape index (κ2) is 7.26. The van der Waals surface area contributed by atoms with Crippen molar-refractivity contribution in [3.8, 4) is 11.5 Å². The van der Waals surface area contributed by atoms with Crippen LogP contribution in [0.4, 0.5) is 14.5 Å². The maximum atomic E-state index is 12.1. The third-order valence-corrected chi connectivity index (χ3v) is 3.30. The maximum absolute atomic E-state index is 12.1. The molecule has 0 heterocycles. The van der Waals surface area contributed by atoms with E-state index in [-0.39, 0.29) is 5.75 Å². The molecular weight excluding hydrogens is 344 g/mol. The van der Waals surface area contributed by atoms with Crippen LogP contribution in [-0.2, 0) is 6.54 Å². The minimum Gasteiger partial charge on any atom is -0.496 e. The number of methoxy groups -OCH3 is 1. The van der Waals surface area contributed by atoms with Crippen molar-refractivity contribution in [2.75, 3.05) is 12.4 Å². The van der Waals surface area contributed by atoms with Crippen LogP contribution in [0, 0.1) is 0 Å². The third kappa shape index (κ3) is 4.60. The van der Waals surface area contributed by atoms with Crippen LogP contribution in [0.2, 0.25) is 0 Å². The van der Waals surface area contributed by atoms with E-state index in [0.29, 0.717) is 6.54 Å². The molecule has 0 fully saturated rings. The number of halogens is 3. The summed E-state index contributed by atoms with van der Waals surface area (Å²) >= 11 is 3.41. The fraction of sp³-hybridized carbons (Fsp3) is 0.200. The summed E-state index contributed by atoms with van der Waals surface area (Å²) in [6.45, 7) is -2.26. The first-order valence-corrected chi connectivity index (χ1v) is 6.99. The molecule has 0 aliphatic carbocycles. The highest BCUT2D eigenvalue weighted by atomic mass is 79.9. The van der Waals surface area contributed by atoms with Gasteiger partial charge in [0.15, 0.2) is 0 Å². The summed E-state index contributed by atoms with van der Waals surface area (Å²) in [4.78, 5) is 0. The van der Waals surface area contributed by atoms with Gasteiger partial charge < -0.3 is 14.8 Å². The highest BCUT2D eigenvalue weighted by molar-refractivity contribution is 9.10. The van der Waals surface area contributed by atoms with Gasteiger partial charge in [-0.25, -0.2) is 0 Å². The number of hydrogen-bond donors (Lipinski definition) is 1. The summed E-state index contributed by atoms with van der Waals surface area (Å²) in [5.41, 5.74) is 1.79. The van der Waals surface area contributed by atoms with Gasteiger partial charge in [0.05, 0.1) is 7.11 Å². The van der Waals surface area contributed by atoms with E-state index in [1.165, 1.54) is 12.1 Å². The number of alkyl halides is 2. The molecule has 112 valence electrons. The first-order chi connectivity index (χ1) is 10.1. The number of benzene rings is 2. The van der Waals surface area contributed by atoms with E-state index in [1.807, 2.05) is 18.2 Å². The van der Waals surface area contributed by atoms with Crippen LogP contribution < -0.4 is 14.8 Å². The molecular formula is C15H14BrF2NO2. The molecule has 0 saturated carbocycles. The summed E-state index contributed by atoms with van der Waals surface area (Å²) in [5, 5.41) is 3.20. The van der Waals surface area contributed by atoms with Crippen molar-refractivity contribution >= 4 is 21.6 Å². The fourth-order valence-corrected chi connectivity index (χ4v) is 2.25. The second-order valence-electron chi connectivity index (χ2n) is 4.21. The van der Waals surface area contributed by atoms with E-state index < -0.39 is 6.61 Å². The molecule has 0 bridgehead atoms. The second-order valence-corrected chi connectivity index (χ2v) is 5.13. The van der Waals surface area contributed by atoms with Crippen LogP contribution >= 0.6 is 15.9 Å². The molecule has 0 unspecified atom stereocenters. The van der Waals surface area contributed by atoms with Gasteiger partial charge >= 0.3 is 6.61 Å². The summed E-state index contributed by atoms with van der Waals surface area (Å²) in [7, 11) is 1.61. The number of hydrogen-bond acceptors (Lipinski definition) is 3. The summed E-state index contributed by atoms with van der Waals surface area (Å²) < 4.78 is 34.7. The zero-order chi connectivity index (χ0) is 15.2. The van der Waals surface area contributed by atoms with Gasteiger partial charge in [-0.1, -0.05) is 15.9 Å². The first-order valence-electron chi connectivity index (χ1n) is 6.19. The van der Waals surface area contributed by atoms with Crippen molar-refractivity contribution < 1.29 is 18.3 Å². The summed E-state index contributed by atoms with van der Waals surface area (Å²) in [6, 6.07) is 12.1. The molecule has 0 aliphatic rings.